The summed E-state index contributed by atoms with van der Waals surface area (Å²) in [4.78, 5) is 13.0. The van der Waals surface area contributed by atoms with Crippen molar-refractivity contribution in [2.24, 2.45) is 10.8 Å². The summed E-state index contributed by atoms with van der Waals surface area (Å²) in [7, 11) is 0. The van der Waals surface area contributed by atoms with Crippen LogP contribution in [0.15, 0.2) is 41.0 Å². The van der Waals surface area contributed by atoms with Crippen LogP contribution in [-0.4, -0.2) is 5.78 Å². The number of hydrogen-bond donors (Lipinski definition) is 0. The molecule has 2 rings (SSSR count). The first-order chi connectivity index (χ1) is 11.3. The minimum Gasteiger partial charge on any atom is -0.289 e. The number of hydrogen-bond acceptors (Lipinski definition) is 1. The highest BCUT2D eigenvalue weighted by Crippen LogP contribution is 2.39. The van der Waals surface area contributed by atoms with Crippen molar-refractivity contribution >= 4 is 11.9 Å². The molecule has 134 valence electrons. The predicted octanol–water partition coefficient (Wildman–Crippen LogP) is 6.52. The van der Waals surface area contributed by atoms with Gasteiger partial charge in [-0.1, -0.05) is 59.2 Å². The van der Waals surface area contributed by atoms with Crippen LogP contribution in [0.5, 0.6) is 0 Å². The van der Waals surface area contributed by atoms with Gasteiger partial charge in [0.15, 0.2) is 5.78 Å². The van der Waals surface area contributed by atoms with Gasteiger partial charge in [-0.25, -0.2) is 0 Å². The molecule has 1 aromatic rings. The standard InChI is InChI=1S/C24H32O/c1-15-10-16(2)19(17(3)11-15)12-18-13-20(23(4,5)6)22(25)21(14-18)24(7,8)9/h10-14H,1-9H3. The lowest BCUT2D eigenvalue weighted by Crippen LogP contribution is -2.27. The monoisotopic (exact) mass is 336 g/mol. The number of Topliss-reactive ketones (excluding diaryl/α,β-unsaturated/α-hetero) is 1. The molecule has 0 atom stereocenters. The molecular weight excluding hydrogens is 304 g/mol. The Bertz CT molecular complexity index is 740. The molecule has 0 saturated carbocycles. The fraction of sp³-hybridized carbons (Fsp3) is 0.458. The molecule has 0 heterocycles. The van der Waals surface area contributed by atoms with E-state index in [-0.39, 0.29) is 16.6 Å². The molecule has 0 radical (unpaired) electrons. The van der Waals surface area contributed by atoms with Gasteiger partial charge in [-0.05, 0) is 72.1 Å². The Morgan fingerprint density at radius 3 is 1.52 bits per heavy atom. The quantitative estimate of drug-likeness (QED) is 0.570. The molecule has 0 unspecified atom stereocenters. The second-order valence-electron chi connectivity index (χ2n) is 9.40. The molecule has 1 heteroatoms. The highest BCUT2D eigenvalue weighted by Gasteiger charge is 2.33. The average molecular weight is 337 g/mol. The van der Waals surface area contributed by atoms with Crippen molar-refractivity contribution in [1.82, 2.24) is 0 Å². The lowest BCUT2D eigenvalue weighted by atomic mass is 9.71. The Morgan fingerprint density at radius 2 is 1.16 bits per heavy atom. The van der Waals surface area contributed by atoms with Gasteiger partial charge in [0.1, 0.15) is 0 Å². The van der Waals surface area contributed by atoms with E-state index in [1.54, 1.807) is 0 Å². The van der Waals surface area contributed by atoms with E-state index in [1.165, 1.54) is 22.3 Å². The zero-order valence-electron chi connectivity index (χ0n) is 17.3. The molecule has 0 N–H and O–H groups in total. The maximum Gasteiger partial charge on any atom is 0.186 e. The fourth-order valence-corrected chi connectivity index (χ4v) is 3.43. The number of carbonyl (C=O) groups excluding carboxylic acids is 1. The van der Waals surface area contributed by atoms with Crippen LogP contribution in [0, 0.1) is 31.6 Å². The SMILES string of the molecule is Cc1cc(C)c(C=C2C=C(C(C)(C)C)C(=O)C(C(C)(C)C)=C2)c(C)c1. The van der Waals surface area contributed by atoms with Crippen LogP contribution in [0.25, 0.3) is 6.08 Å². The molecule has 0 fully saturated rings. The van der Waals surface area contributed by atoms with Crippen molar-refractivity contribution in [3.8, 4) is 0 Å². The summed E-state index contributed by atoms with van der Waals surface area (Å²) in [5, 5.41) is 0. The van der Waals surface area contributed by atoms with Gasteiger partial charge in [-0.15, -0.1) is 0 Å². The number of carbonyl (C=O) groups is 1. The van der Waals surface area contributed by atoms with Crippen LogP contribution in [0.4, 0.5) is 0 Å². The molecule has 0 aromatic heterocycles. The van der Waals surface area contributed by atoms with Gasteiger partial charge in [0, 0.05) is 11.1 Å². The van der Waals surface area contributed by atoms with Gasteiger partial charge in [0.2, 0.25) is 0 Å². The van der Waals surface area contributed by atoms with Crippen molar-refractivity contribution < 1.29 is 4.79 Å². The Labute approximate surface area is 153 Å². The van der Waals surface area contributed by atoms with E-state index in [2.05, 4.69) is 92.7 Å². The first-order valence-corrected chi connectivity index (χ1v) is 9.09. The molecule has 0 amide bonds. The highest BCUT2D eigenvalue weighted by atomic mass is 16.1. The van der Waals surface area contributed by atoms with E-state index in [0.717, 1.165) is 16.7 Å². The third kappa shape index (κ3) is 4.21. The molecule has 0 spiro atoms. The smallest absolute Gasteiger partial charge is 0.186 e. The zero-order chi connectivity index (χ0) is 19.2. The van der Waals surface area contributed by atoms with E-state index in [9.17, 15) is 4.79 Å². The minimum absolute atomic E-state index is 0.168. The van der Waals surface area contributed by atoms with Crippen LogP contribution < -0.4 is 0 Å². The summed E-state index contributed by atoms with van der Waals surface area (Å²) in [5.74, 6) is 0.189. The number of benzene rings is 1. The van der Waals surface area contributed by atoms with Crippen molar-refractivity contribution in [3.63, 3.8) is 0 Å². The first-order valence-electron chi connectivity index (χ1n) is 9.09. The van der Waals surface area contributed by atoms with Crippen LogP contribution in [0.2, 0.25) is 0 Å². The van der Waals surface area contributed by atoms with Crippen LogP contribution >= 0.6 is 0 Å². The van der Waals surface area contributed by atoms with Crippen molar-refractivity contribution in [2.45, 2.75) is 62.3 Å². The van der Waals surface area contributed by atoms with Crippen LogP contribution in [0.3, 0.4) is 0 Å². The Kier molecular flexibility index (Phi) is 5.01. The number of allylic oxidation sites excluding steroid dienone is 5. The summed E-state index contributed by atoms with van der Waals surface area (Å²) in [6.45, 7) is 19.1. The lowest BCUT2D eigenvalue weighted by molar-refractivity contribution is -0.114. The highest BCUT2D eigenvalue weighted by molar-refractivity contribution is 6.12. The van der Waals surface area contributed by atoms with E-state index >= 15 is 0 Å². The van der Waals surface area contributed by atoms with Crippen LogP contribution in [0.1, 0.15) is 63.8 Å². The zero-order valence-corrected chi connectivity index (χ0v) is 17.3. The van der Waals surface area contributed by atoms with Crippen molar-refractivity contribution in [2.75, 3.05) is 0 Å². The summed E-state index contributed by atoms with van der Waals surface area (Å²) in [6, 6.07) is 4.44. The van der Waals surface area contributed by atoms with Gasteiger partial charge in [0.25, 0.3) is 0 Å². The molecule has 0 aliphatic heterocycles. The van der Waals surface area contributed by atoms with E-state index < -0.39 is 0 Å². The Morgan fingerprint density at radius 1 is 0.760 bits per heavy atom. The Balaban J connectivity index is 2.68. The minimum atomic E-state index is -0.168. The van der Waals surface area contributed by atoms with E-state index in [4.69, 9.17) is 0 Å². The molecule has 0 saturated heterocycles. The molecule has 1 aliphatic carbocycles. The van der Waals surface area contributed by atoms with Gasteiger partial charge in [-0.3, -0.25) is 4.79 Å². The normalized spacial score (nSPS) is 15.9. The summed E-state index contributed by atoms with van der Waals surface area (Å²) >= 11 is 0. The fourth-order valence-electron chi connectivity index (χ4n) is 3.43. The molecule has 1 aliphatic rings. The van der Waals surface area contributed by atoms with E-state index in [1.807, 2.05) is 0 Å². The molecule has 1 nitrogen and oxygen atoms in total. The van der Waals surface area contributed by atoms with Crippen molar-refractivity contribution in [1.29, 1.82) is 0 Å². The number of aryl methyl sites for hydroxylation is 3. The van der Waals surface area contributed by atoms with Gasteiger partial charge in [-0.2, -0.15) is 0 Å². The first kappa shape index (κ1) is 19.4. The number of ketones is 1. The molecule has 1 aromatic carbocycles. The van der Waals surface area contributed by atoms with Crippen molar-refractivity contribution in [3.05, 3.63) is 63.3 Å². The predicted molar refractivity (Wildman–Crippen MR) is 109 cm³/mol. The van der Waals surface area contributed by atoms with Gasteiger partial charge < -0.3 is 0 Å². The largest absolute Gasteiger partial charge is 0.289 e. The maximum absolute atomic E-state index is 13.0. The molecular formula is C24H32O. The number of rotatable bonds is 1. The average Bonchev–Trinajstić information content (AvgIpc) is 2.41. The third-order valence-corrected chi connectivity index (χ3v) is 4.78. The summed E-state index contributed by atoms with van der Waals surface area (Å²) < 4.78 is 0. The topological polar surface area (TPSA) is 17.1 Å². The van der Waals surface area contributed by atoms with Crippen LogP contribution in [-0.2, 0) is 4.79 Å². The second-order valence-corrected chi connectivity index (χ2v) is 9.40. The maximum atomic E-state index is 13.0. The van der Waals surface area contributed by atoms with Gasteiger partial charge >= 0.3 is 0 Å². The lowest BCUT2D eigenvalue weighted by Gasteiger charge is -2.31. The van der Waals surface area contributed by atoms with Gasteiger partial charge in [0.05, 0.1) is 0 Å². The third-order valence-electron chi connectivity index (χ3n) is 4.78. The molecule has 25 heavy (non-hydrogen) atoms. The second kappa shape index (κ2) is 6.44. The summed E-state index contributed by atoms with van der Waals surface area (Å²) in [6.07, 6.45) is 6.39. The van der Waals surface area contributed by atoms with E-state index in [0.29, 0.717) is 0 Å². The molecule has 0 bridgehead atoms. The Hall–Kier alpha value is -1.89. The summed E-state index contributed by atoms with van der Waals surface area (Å²) in [5.41, 5.74) is 7.66.